The second-order valence-corrected chi connectivity index (χ2v) is 2.67. The van der Waals surface area contributed by atoms with Gasteiger partial charge in [-0.25, -0.2) is 0 Å². The SMILES string of the molecule is CNC(O)N(C)CSC. The molecule has 0 fully saturated rings. The molecular formula is C5H14N2OS. The Bertz CT molecular complexity index is 72.0. The maximum Gasteiger partial charge on any atom is 0.163 e. The third-order valence-corrected chi connectivity index (χ3v) is 1.67. The fourth-order valence-electron chi connectivity index (χ4n) is 0.495. The summed E-state index contributed by atoms with van der Waals surface area (Å²) in [6.07, 6.45) is 1.48. The largest absolute Gasteiger partial charge is 0.365 e. The van der Waals surface area contributed by atoms with Crippen LogP contribution in [0.3, 0.4) is 0 Å². The molecule has 0 rings (SSSR count). The van der Waals surface area contributed by atoms with Gasteiger partial charge in [-0.2, -0.15) is 0 Å². The van der Waals surface area contributed by atoms with E-state index in [1.54, 1.807) is 18.8 Å². The highest BCUT2D eigenvalue weighted by molar-refractivity contribution is 7.98. The highest BCUT2D eigenvalue weighted by atomic mass is 32.2. The summed E-state index contributed by atoms with van der Waals surface area (Å²) in [4.78, 5) is 1.81. The third kappa shape index (κ3) is 3.75. The molecule has 3 nitrogen and oxygen atoms in total. The van der Waals surface area contributed by atoms with E-state index in [4.69, 9.17) is 5.11 Å². The number of thioether (sulfide) groups is 1. The van der Waals surface area contributed by atoms with E-state index in [0.29, 0.717) is 0 Å². The average molecular weight is 150 g/mol. The first-order valence-electron chi connectivity index (χ1n) is 2.77. The molecule has 0 spiro atoms. The number of nitrogens with zero attached hydrogens (tertiary/aromatic N) is 1. The van der Waals surface area contributed by atoms with Gasteiger partial charge in [0.2, 0.25) is 0 Å². The van der Waals surface area contributed by atoms with E-state index < -0.39 is 6.35 Å². The van der Waals surface area contributed by atoms with Gasteiger partial charge in [0.05, 0.1) is 0 Å². The monoisotopic (exact) mass is 150 g/mol. The van der Waals surface area contributed by atoms with Crippen molar-refractivity contribution in [2.75, 3.05) is 26.2 Å². The zero-order valence-electron chi connectivity index (χ0n) is 6.09. The van der Waals surface area contributed by atoms with Crippen LogP contribution in [0.25, 0.3) is 0 Å². The third-order valence-electron chi connectivity index (χ3n) is 1.01. The molecule has 0 aromatic heterocycles. The van der Waals surface area contributed by atoms with E-state index in [9.17, 15) is 0 Å². The van der Waals surface area contributed by atoms with E-state index in [-0.39, 0.29) is 0 Å². The van der Waals surface area contributed by atoms with Crippen LogP contribution in [0.4, 0.5) is 0 Å². The van der Waals surface area contributed by atoms with Gasteiger partial charge in [-0.1, -0.05) is 0 Å². The molecule has 0 bridgehead atoms. The van der Waals surface area contributed by atoms with Gasteiger partial charge in [0.15, 0.2) is 6.35 Å². The lowest BCUT2D eigenvalue weighted by Crippen LogP contribution is -2.40. The fourth-order valence-corrected chi connectivity index (χ4v) is 1.04. The summed E-state index contributed by atoms with van der Waals surface area (Å²) in [5.41, 5.74) is 0. The molecule has 56 valence electrons. The van der Waals surface area contributed by atoms with E-state index in [1.807, 2.05) is 18.2 Å². The summed E-state index contributed by atoms with van der Waals surface area (Å²) in [5, 5.41) is 11.8. The summed E-state index contributed by atoms with van der Waals surface area (Å²) in [7, 11) is 3.58. The van der Waals surface area contributed by atoms with Crippen LogP contribution in [0.15, 0.2) is 0 Å². The topological polar surface area (TPSA) is 35.5 Å². The molecule has 0 amide bonds. The van der Waals surface area contributed by atoms with Gasteiger partial charge in [0, 0.05) is 5.88 Å². The lowest BCUT2D eigenvalue weighted by molar-refractivity contribution is 0.0136. The molecule has 0 aromatic carbocycles. The van der Waals surface area contributed by atoms with Crippen LogP contribution in [0, 0.1) is 0 Å². The molecular weight excluding hydrogens is 136 g/mol. The number of nitrogens with one attached hydrogen (secondary N) is 1. The number of aliphatic hydroxyl groups is 1. The summed E-state index contributed by atoms with van der Waals surface area (Å²) >= 11 is 1.68. The summed E-state index contributed by atoms with van der Waals surface area (Å²) in [6, 6.07) is 0. The smallest absolute Gasteiger partial charge is 0.163 e. The molecule has 0 saturated heterocycles. The highest BCUT2D eigenvalue weighted by Gasteiger charge is 2.04. The Balaban J connectivity index is 3.32. The van der Waals surface area contributed by atoms with Crippen molar-refractivity contribution in [3.8, 4) is 0 Å². The molecule has 2 N–H and O–H groups in total. The van der Waals surface area contributed by atoms with Crippen LogP contribution in [0.1, 0.15) is 0 Å². The lowest BCUT2D eigenvalue weighted by atomic mass is 10.8. The first-order chi connectivity index (χ1) is 4.22. The highest BCUT2D eigenvalue weighted by Crippen LogP contribution is 1.96. The molecule has 0 heterocycles. The van der Waals surface area contributed by atoms with Crippen molar-refractivity contribution in [1.82, 2.24) is 10.2 Å². The van der Waals surface area contributed by atoms with Gasteiger partial charge >= 0.3 is 0 Å². The molecule has 0 aromatic rings. The van der Waals surface area contributed by atoms with Gasteiger partial charge in [-0.3, -0.25) is 10.2 Å². The van der Waals surface area contributed by atoms with Crippen LogP contribution in [-0.4, -0.2) is 42.6 Å². The van der Waals surface area contributed by atoms with Crippen molar-refractivity contribution in [2.45, 2.75) is 6.35 Å². The minimum absolute atomic E-state index is 0.516. The van der Waals surface area contributed by atoms with Gasteiger partial charge in [0.25, 0.3) is 0 Å². The normalized spacial score (nSPS) is 14.3. The second kappa shape index (κ2) is 5.05. The fraction of sp³-hybridized carbons (Fsp3) is 1.00. The summed E-state index contributed by atoms with van der Waals surface area (Å²) < 4.78 is 0. The van der Waals surface area contributed by atoms with Crippen LogP contribution < -0.4 is 5.32 Å². The molecule has 0 saturated carbocycles. The number of hydrogen-bond donors (Lipinski definition) is 2. The van der Waals surface area contributed by atoms with Crippen LogP contribution in [0.2, 0.25) is 0 Å². The molecule has 9 heavy (non-hydrogen) atoms. The average Bonchev–Trinajstić information content (AvgIpc) is 1.87. The zero-order chi connectivity index (χ0) is 7.28. The molecule has 0 aliphatic heterocycles. The van der Waals surface area contributed by atoms with Gasteiger partial charge < -0.3 is 5.11 Å². The summed E-state index contributed by atoms with van der Waals surface area (Å²) in [6.45, 7) is 0. The lowest BCUT2D eigenvalue weighted by Gasteiger charge is -2.20. The molecule has 0 radical (unpaired) electrons. The quantitative estimate of drug-likeness (QED) is 0.541. The van der Waals surface area contributed by atoms with Gasteiger partial charge in [-0.05, 0) is 20.4 Å². The Labute approximate surface area is 60.4 Å². The van der Waals surface area contributed by atoms with Gasteiger partial charge in [0.1, 0.15) is 0 Å². The van der Waals surface area contributed by atoms with Crippen molar-refractivity contribution in [3.63, 3.8) is 0 Å². The molecule has 1 unspecified atom stereocenters. The van der Waals surface area contributed by atoms with E-state index in [2.05, 4.69) is 5.32 Å². The number of aliphatic hydroxyl groups excluding tert-OH is 1. The Morgan fingerprint density at radius 1 is 1.78 bits per heavy atom. The van der Waals surface area contributed by atoms with E-state index in [0.717, 1.165) is 5.88 Å². The van der Waals surface area contributed by atoms with Crippen molar-refractivity contribution in [1.29, 1.82) is 0 Å². The second-order valence-electron chi connectivity index (χ2n) is 1.84. The maximum atomic E-state index is 9.06. The van der Waals surface area contributed by atoms with Crippen molar-refractivity contribution < 1.29 is 5.11 Å². The van der Waals surface area contributed by atoms with E-state index in [1.165, 1.54) is 0 Å². The Morgan fingerprint density at radius 3 is 2.67 bits per heavy atom. The molecule has 1 atom stereocenters. The summed E-state index contributed by atoms with van der Waals surface area (Å²) in [5.74, 6) is 0.835. The Kier molecular flexibility index (Phi) is 5.18. The maximum absolute atomic E-state index is 9.06. The predicted octanol–water partition coefficient (Wildman–Crippen LogP) is -0.266. The van der Waals surface area contributed by atoms with Gasteiger partial charge in [-0.15, -0.1) is 11.8 Å². The molecule has 0 aliphatic rings. The van der Waals surface area contributed by atoms with Crippen LogP contribution in [-0.2, 0) is 0 Å². The molecule has 4 heteroatoms. The van der Waals surface area contributed by atoms with E-state index >= 15 is 0 Å². The van der Waals surface area contributed by atoms with Crippen LogP contribution in [0.5, 0.6) is 0 Å². The zero-order valence-corrected chi connectivity index (χ0v) is 6.90. The van der Waals surface area contributed by atoms with Crippen LogP contribution >= 0.6 is 11.8 Å². The van der Waals surface area contributed by atoms with Crippen molar-refractivity contribution >= 4 is 11.8 Å². The number of hydrogen-bond acceptors (Lipinski definition) is 4. The first kappa shape index (κ1) is 9.23. The van der Waals surface area contributed by atoms with Crippen molar-refractivity contribution in [3.05, 3.63) is 0 Å². The number of rotatable bonds is 4. The Morgan fingerprint density at radius 2 is 2.33 bits per heavy atom. The first-order valence-corrected chi connectivity index (χ1v) is 4.16. The molecule has 0 aliphatic carbocycles. The Hall–Kier alpha value is 0.230. The predicted molar refractivity (Wildman–Crippen MR) is 41.2 cm³/mol. The minimum Gasteiger partial charge on any atom is -0.365 e. The minimum atomic E-state index is -0.516. The standard InChI is InChI=1S/C5H14N2OS/c1-6-5(8)7(2)4-9-3/h5-6,8H,4H2,1-3H3. The van der Waals surface area contributed by atoms with Crippen molar-refractivity contribution in [2.24, 2.45) is 0 Å².